The van der Waals surface area contributed by atoms with Gasteiger partial charge >= 0.3 is 0 Å². The number of halogens is 1. The van der Waals surface area contributed by atoms with E-state index < -0.39 is 0 Å². The summed E-state index contributed by atoms with van der Waals surface area (Å²) in [5.41, 5.74) is 0.277. The van der Waals surface area contributed by atoms with Crippen LogP contribution in [0, 0.1) is 0 Å². The normalized spacial score (nSPS) is 20.3. The molecule has 0 saturated carbocycles. The summed E-state index contributed by atoms with van der Waals surface area (Å²) in [5.74, 6) is 0.476. The maximum absolute atomic E-state index is 11.4. The van der Waals surface area contributed by atoms with E-state index >= 15 is 0 Å². The summed E-state index contributed by atoms with van der Waals surface area (Å²) in [6, 6.07) is 0. The van der Waals surface area contributed by atoms with Crippen LogP contribution in [0.15, 0.2) is 0 Å². The quantitative estimate of drug-likeness (QED) is 0.599. The molecule has 1 fully saturated rings. The van der Waals surface area contributed by atoms with Crippen LogP contribution in [0.3, 0.4) is 0 Å². The molecule has 1 saturated heterocycles. The summed E-state index contributed by atoms with van der Waals surface area (Å²) < 4.78 is 0. The van der Waals surface area contributed by atoms with Crippen molar-refractivity contribution in [1.29, 1.82) is 0 Å². The number of hydrogen-bond acceptors (Lipinski definition) is 1. The predicted molar refractivity (Wildman–Crippen MR) is 53.6 cm³/mol. The molecule has 0 aromatic heterocycles. The lowest BCUT2D eigenvalue weighted by Gasteiger charge is -2.34. The third-order valence-corrected chi connectivity index (χ3v) is 3.05. The van der Waals surface area contributed by atoms with Crippen LogP contribution < -0.4 is 17.7 Å². The number of carbonyl (C=O) groups is 1. The number of quaternary nitrogens is 1. The molecule has 0 aromatic rings. The molecule has 1 aliphatic heterocycles. The van der Waals surface area contributed by atoms with Gasteiger partial charge in [-0.25, -0.2) is 0 Å². The first-order valence-corrected chi connectivity index (χ1v) is 5.58. The number of ketones is 1. The Morgan fingerprint density at radius 2 is 1.86 bits per heavy atom. The molecule has 0 amide bonds. The van der Waals surface area contributed by atoms with Gasteiger partial charge in [-0.2, -0.15) is 0 Å². The largest absolute Gasteiger partial charge is 1.00 e. The van der Waals surface area contributed by atoms with Gasteiger partial charge in [-0.3, -0.25) is 4.79 Å². The molecule has 0 atom stereocenters. The zero-order chi connectivity index (χ0) is 9.73. The lowest BCUT2D eigenvalue weighted by atomic mass is 9.81. The van der Waals surface area contributed by atoms with Gasteiger partial charge in [0.05, 0.1) is 19.4 Å². The van der Waals surface area contributed by atoms with E-state index in [1.807, 2.05) is 0 Å². The van der Waals surface area contributed by atoms with Crippen LogP contribution in [0.4, 0.5) is 0 Å². The highest BCUT2D eigenvalue weighted by molar-refractivity contribution is 5.79. The van der Waals surface area contributed by atoms with Crippen molar-refractivity contribution in [1.82, 2.24) is 0 Å². The number of carbonyl (C=O) groups excluding carboxylic acids is 1. The fraction of sp³-hybridized carbons (Fsp3) is 0.909. The van der Waals surface area contributed by atoms with E-state index in [0.29, 0.717) is 5.78 Å². The van der Waals surface area contributed by atoms with Crippen LogP contribution >= 0.6 is 0 Å². The molecule has 3 heteroatoms. The number of nitrogens with two attached hydrogens (primary N) is 1. The average molecular weight is 220 g/mol. The van der Waals surface area contributed by atoms with Gasteiger partial charge in [0.15, 0.2) is 0 Å². The molecular weight excluding hydrogens is 198 g/mol. The number of rotatable bonds is 4. The Hall–Kier alpha value is -0.0800. The summed E-state index contributed by atoms with van der Waals surface area (Å²) in [5, 5.41) is 2.42. The first-order chi connectivity index (χ1) is 6.22. The third-order valence-electron chi connectivity index (χ3n) is 3.05. The number of Topliss-reactive ketones (excluding diaryl/α,β-unsaturated/α-hetero) is 1. The van der Waals surface area contributed by atoms with Crippen LogP contribution in [-0.4, -0.2) is 17.9 Å². The van der Waals surface area contributed by atoms with Gasteiger partial charge in [0.2, 0.25) is 0 Å². The summed E-state index contributed by atoms with van der Waals surface area (Å²) in [4.78, 5) is 11.4. The van der Waals surface area contributed by atoms with Gasteiger partial charge in [0.25, 0.3) is 0 Å². The maximum Gasteiger partial charge on any atom is 0.144 e. The molecule has 2 N–H and O–H groups in total. The molecular formula is C11H22ClNO. The maximum atomic E-state index is 11.4. The minimum absolute atomic E-state index is 0. The molecule has 84 valence electrons. The Morgan fingerprint density at radius 3 is 2.29 bits per heavy atom. The van der Waals surface area contributed by atoms with Crippen molar-refractivity contribution in [3.05, 3.63) is 0 Å². The minimum Gasteiger partial charge on any atom is -1.00 e. The summed E-state index contributed by atoms with van der Waals surface area (Å²) in [7, 11) is 0. The SMILES string of the molecule is CCCC1(CCC)CC(=O)CC[NH2+]1.[Cl-]. The highest BCUT2D eigenvalue weighted by atomic mass is 35.5. The molecule has 14 heavy (non-hydrogen) atoms. The number of piperidine rings is 1. The minimum atomic E-state index is 0. The summed E-state index contributed by atoms with van der Waals surface area (Å²) in [6.07, 6.45) is 6.40. The highest BCUT2D eigenvalue weighted by Crippen LogP contribution is 2.22. The van der Waals surface area contributed by atoms with E-state index in [9.17, 15) is 4.79 Å². The molecule has 0 radical (unpaired) electrons. The molecule has 2 nitrogen and oxygen atoms in total. The van der Waals surface area contributed by atoms with Gasteiger partial charge in [0, 0.05) is 12.8 Å². The molecule has 0 unspecified atom stereocenters. The Labute approximate surface area is 93.2 Å². The molecule has 0 spiro atoms. The average Bonchev–Trinajstić information content (AvgIpc) is 2.04. The van der Waals surface area contributed by atoms with Gasteiger partial charge in [-0.15, -0.1) is 0 Å². The summed E-state index contributed by atoms with van der Waals surface area (Å²) >= 11 is 0. The van der Waals surface area contributed by atoms with E-state index in [4.69, 9.17) is 0 Å². The number of hydrogen-bond donors (Lipinski definition) is 1. The predicted octanol–water partition coefficient (Wildman–Crippen LogP) is -1.74. The van der Waals surface area contributed by atoms with E-state index in [0.717, 1.165) is 19.4 Å². The molecule has 1 rings (SSSR count). The zero-order valence-corrected chi connectivity index (χ0v) is 10.1. The fourth-order valence-corrected chi connectivity index (χ4v) is 2.59. The Morgan fingerprint density at radius 1 is 1.29 bits per heavy atom. The van der Waals surface area contributed by atoms with Gasteiger partial charge in [0.1, 0.15) is 11.3 Å². The fourth-order valence-electron chi connectivity index (χ4n) is 2.59. The Balaban J connectivity index is 0.00000169. The van der Waals surface area contributed by atoms with Crippen molar-refractivity contribution in [2.45, 2.75) is 57.9 Å². The van der Waals surface area contributed by atoms with Crippen LogP contribution in [0.25, 0.3) is 0 Å². The first kappa shape index (κ1) is 13.9. The van der Waals surface area contributed by atoms with Crippen LogP contribution in [0.1, 0.15) is 52.4 Å². The molecule has 1 heterocycles. The van der Waals surface area contributed by atoms with Crippen molar-refractivity contribution in [2.24, 2.45) is 0 Å². The van der Waals surface area contributed by atoms with Gasteiger partial charge in [-0.05, 0) is 0 Å². The standard InChI is InChI=1S/C11H21NO.ClH/c1-3-6-11(7-4-2)9-10(13)5-8-12-11;/h12H,3-9H2,1-2H3;1H. The van der Waals surface area contributed by atoms with E-state index in [2.05, 4.69) is 19.2 Å². The van der Waals surface area contributed by atoms with Crippen molar-refractivity contribution < 1.29 is 22.5 Å². The van der Waals surface area contributed by atoms with Crippen LogP contribution in [0.5, 0.6) is 0 Å². The Kier molecular flexibility index (Phi) is 6.38. The second-order valence-electron chi connectivity index (χ2n) is 4.32. The zero-order valence-electron chi connectivity index (χ0n) is 9.31. The monoisotopic (exact) mass is 219 g/mol. The van der Waals surface area contributed by atoms with E-state index in [1.165, 1.54) is 25.7 Å². The lowest BCUT2D eigenvalue weighted by Crippen LogP contribution is -3.00. The second kappa shape index (κ2) is 6.41. The van der Waals surface area contributed by atoms with Crippen LogP contribution in [0.2, 0.25) is 0 Å². The first-order valence-electron chi connectivity index (χ1n) is 5.58. The lowest BCUT2D eigenvalue weighted by molar-refractivity contribution is -0.731. The molecule has 1 aliphatic rings. The summed E-state index contributed by atoms with van der Waals surface area (Å²) in [6.45, 7) is 5.44. The van der Waals surface area contributed by atoms with Gasteiger partial charge < -0.3 is 17.7 Å². The van der Waals surface area contributed by atoms with Crippen molar-refractivity contribution in [3.63, 3.8) is 0 Å². The van der Waals surface area contributed by atoms with Crippen LogP contribution in [-0.2, 0) is 4.79 Å². The smallest absolute Gasteiger partial charge is 0.144 e. The van der Waals surface area contributed by atoms with Crippen molar-refractivity contribution >= 4 is 5.78 Å². The van der Waals surface area contributed by atoms with Gasteiger partial charge in [-0.1, -0.05) is 26.7 Å². The molecule has 0 aromatic carbocycles. The van der Waals surface area contributed by atoms with E-state index in [-0.39, 0.29) is 17.9 Å². The third kappa shape index (κ3) is 3.58. The molecule has 0 bridgehead atoms. The Bertz CT molecular complexity index is 171. The topological polar surface area (TPSA) is 33.7 Å². The van der Waals surface area contributed by atoms with Crippen molar-refractivity contribution in [3.8, 4) is 0 Å². The highest BCUT2D eigenvalue weighted by Gasteiger charge is 2.37. The second-order valence-corrected chi connectivity index (χ2v) is 4.32. The van der Waals surface area contributed by atoms with Crippen molar-refractivity contribution in [2.75, 3.05) is 6.54 Å². The molecule has 0 aliphatic carbocycles. The van der Waals surface area contributed by atoms with E-state index in [1.54, 1.807) is 0 Å².